The van der Waals surface area contributed by atoms with Gasteiger partial charge in [-0.25, -0.2) is 9.79 Å². The topological polar surface area (TPSA) is 163 Å². The highest BCUT2D eigenvalue weighted by atomic mass is 16.5. The predicted octanol–water partition coefficient (Wildman–Crippen LogP) is 4.32. The molecule has 14 nitrogen and oxygen atoms in total. The van der Waals surface area contributed by atoms with E-state index in [1.165, 1.54) is 0 Å². The van der Waals surface area contributed by atoms with Gasteiger partial charge in [-0.15, -0.1) is 10.2 Å². The van der Waals surface area contributed by atoms with E-state index in [2.05, 4.69) is 41.8 Å². The number of aliphatic hydroxyl groups excluding tert-OH is 1. The molecule has 0 radical (unpaired) electrons. The van der Waals surface area contributed by atoms with Gasteiger partial charge in [0.15, 0.2) is 5.65 Å². The monoisotopic (exact) mass is 683 g/mol. The minimum absolute atomic E-state index is 0.0325. The van der Waals surface area contributed by atoms with E-state index >= 15 is 0 Å². The zero-order valence-electron chi connectivity index (χ0n) is 29.6. The van der Waals surface area contributed by atoms with Crippen LogP contribution in [0.2, 0.25) is 0 Å². The molecule has 1 aromatic carbocycles. The molecule has 1 aliphatic heterocycles. The van der Waals surface area contributed by atoms with Gasteiger partial charge in [0.2, 0.25) is 5.95 Å². The summed E-state index contributed by atoms with van der Waals surface area (Å²) >= 11 is 0. The van der Waals surface area contributed by atoms with Crippen LogP contribution in [-0.2, 0) is 6.54 Å². The van der Waals surface area contributed by atoms with Gasteiger partial charge in [0, 0.05) is 30.3 Å². The molecular formula is C36H49N11O3. The number of allylic oxidation sites excluding steroid dienone is 1. The fourth-order valence-corrected chi connectivity index (χ4v) is 6.35. The van der Waals surface area contributed by atoms with Crippen molar-refractivity contribution in [3.05, 3.63) is 77.9 Å². The van der Waals surface area contributed by atoms with Crippen molar-refractivity contribution in [2.75, 3.05) is 38.7 Å². The molecule has 5 N–H and O–H groups in total. The lowest BCUT2D eigenvalue weighted by molar-refractivity contribution is 0.171. The Bertz CT molecular complexity index is 1850. The Kier molecular flexibility index (Phi) is 10.4. The molecule has 4 aromatic rings. The number of nitrogens with two attached hydrogens (primary N) is 1. The van der Waals surface area contributed by atoms with E-state index in [1.807, 2.05) is 86.7 Å². The Labute approximate surface area is 293 Å². The summed E-state index contributed by atoms with van der Waals surface area (Å²) in [6.45, 7) is 8.49. The number of benzene rings is 1. The van der Waals surface area contributed by atoms with Crippen molar-refractivity contribution in [3.63, 3.8) is 0 Å². The molecular weight excluding hydrogens is 634 g/mol. The van der Waals surface area contributed by atoms with Crippen molar-refractivity contribution in [2.45, 2.75) is 71.2 Å². The van der Waals surface area contributed by atoms with Crippen LogP contribution in [0.4, 0.5) is 16.4 Å². The van der Waals surface area contributed by atoms with Gasteiger partial charge in [0.1, 0.15) is 23.4 Å². The number of anilines is 1. The highest BCUT2D eigenvalue weighted by Crippen LogP contribution is 2.39. The Balaban J connectivity index is 1.17. The summed E-state index contributed by atoms with van der Waals surface area (Å²) in [5, 5.41) is 29.2. The van der Waals surface area contributed by atoms with E-state index in [4.69, 9.17) is 15.5 Å². The molecule has 6 rings (SSSR count). The SMILES string of the molecule is CN(C)CCn1cc(N=C(C=C(N)C(C)(C)C)NC(=O)NC2CC[C@@H](Oc3ccc4nnc(N5CCCC5CO)n4c3)c3ccccc32)cn1. The lowest BCUT2D eigenvalue weighted by atomic mass is 9.85. The fraction of sp³-hybridized carbons (Fsp3) is 0.472. The lowest BCUT2D eigenvalue weighted by Gasteiger charge is -2.32. The van der Waals surface area contributed by atoms with Crippen molar-refractivity contribution in [1.29, 1.82) is 0 Å². The zero-order valence-corrected chi connectivity index (χ0v) is 29.6. The van der Waals surface area contributed by atoms with Crippen molar-refractivity contribution in [3.8, 4) is 5.75 Å². The number of hydrogen-bond acceptors (Lipinski definition) is 10. The summed E-state index contributed by atoms with van der Waals surface area (Å²) in [5.74, 6) is 1.73. The molecule has 4 heterocycles. The van der Waals surface area contributed by atoms with Gasteiger partial charge >= 0.3 is 6.03 Å². The molecule has 0 bridgehead atoms. The third-order valence-corrected chi connectivity index (χ3v) is 9.27. The summed E-state index contributed by atoms with van der Waals surface area (Å²) in [6.07, 6.45) is 10.2. The second-order valence-electron chi connectivity index (χ2n) is 14.3. The number of amidine groups is 1. The molecule has 1 fully saturated rings. The summed E-state index contributed by atoms with van der Waals surface area (Å²) in [7, 11) is 4.03. The number of carbonyl (C=O) groups is 1. The van der Waals surface area contributed by atoms with E-state index in [0.29, 0.717) is 41.8 Å². The van der Waals surface area contributed by atoms with E-state index < -0.39 is 0 Å². The number of fused-ring (bicyclic) bond motifs is 2. The Hall–Kier alpha value is -4.95. The standard InChI is InChI=1S/C36H49N11O3/c1-36(2,3)31(37)19-32(39-24-20-38-45(21-24)18-17-44(4)5)41-34(49)40-29-13-14-30(28-11-7-6-10-27(28)29)50-26-12-15-33-42-43-35(47(33)22-26)46-16-8-9-25(46)23-48/h6-7,10-12,15,19-22,25,29-30,48H,8-9,13-14,16-18,23,37H2,1-5H3,(H2,39,40,41,49)/t25?,29?,30-/m1/s1. The highest BCUT2D eigenvalue weighted by molar-refractivity contribution is 6.05. The van der Waals surface area contributed by atoms with Crippen molar-refractivity contribution < 1.29 is 14.6 Å². The number of aliphatic hydroxyl groups is 1. The van der Waals surface area contributed by atoms with Crippen LogP contribution >= 0.6 is 0 Å². The van der Waals surface area contributed by atoms with Gasteiger partial charge in [0.25, 0.3) is 0 Å². The number of ether oxygens (including phenoxy) is 1. The van der Waals surface area contributed by atoms with Crippen molar-refractivity contribution in [2.24, 2.45) is 16.1 Å². The van der Waals surface area contributed by atoms with E-state index in [1.54, 1.807) is 12.3 Å². The molecule has 3 aromatic heterocycles. The predicted molar refractivity (Wildman–Crippen MR) is 193 cm³/mol. The molecule has 1 aliphatic carbocycles. The van der Waals surface area contributed by atoms with Crippen LogP contribution in [0, 0.1) is 5.41 Å². The van der Waals surface area contributed by atoms with Gasteiger partial charge in [-0.3, -0.25) is 14.4 Å². The van der Waals surface area contributed by atoms with Crippen LogP contribution in [0.15, 0.2) is 71.8 Å². The van der Waals surface area contributed by atoms with Gasteiger partial charge in [-0.1, -0.05) is 45.0 Å². The first-order valence-electron chi connectivity index (χ1n) is 17.3. The molecule has 2 aliphatic rings. The fourth-order valence-electron chi connectivity index (χ4n) is 6.35. The zero-order chi connectivity index (χ0) is 35.4. The van der Waals surface area contributed by atoms with E-state index in [0.717, 1.165) is 49.2 Å². The van der Waals surface area contributed by atoms with Crippen molar-refractivity contribution in [1.82, 2.24) is 39.9 Å². The van der Waals surface area contributed by atoms with Gasteiger partial charge in [-0.05, 0) is 63.0 Å². The number of aromatic nitrogens is 5. The maximum atomic E-state index is 13.5. The van der Waals surface area contributed by atoms with Crippen LogP contribution in [0.25, 0.3) is 5.65 Å². The summed E-state index contributed by atoms with van der Waals surface area (Å²) in [5.41, 5.74) is 10.0. The Morgan fingerprint density at radius 2 is 1.92 bits per heavy atom. The highest BCUT2D eigenvalue weighted by Gasteiger charge is 2.31. The average molecular weight is 684 g/mol. The first kappa shape index (κ1) is 34.9. The molecule has 266 valence electrons. The minimum Gasteiger partial charge on any atom is -0.484 e. The number of carbonyl (C=O) groups excluding carboxylic acids is 1. The molecule has 3 atom stereocenters. The number of likely N-dealkylation sites (N-methyl/N-ethyl adjacent to an activating group) is 1. The molecule has 0 spiro atoms. The van der Waals surface area contributed by atoms with Gasteiger partial charge in [-0.2, -0.15) is 5.10 Å². The summed E-state index contributed by atoms with van der Waals surface area (Å²) in [6, 6.07) is 11.3. The van der Waals surface area contributed by atoms with E-state index in [9.17, 15) is 9.90 Å². The number of urea groups is 1. The van der Waals surface area contributed by atoms with E-state index in [-0.39, 0.29) is 36.2 Å². The largest absolute Gasteiger partial charge is 0.484 e. The summed E-state index contributed by atoms with van der Waals surface area (Å²) in [4.78, 5) is 22.4. The molecule has 2 amide bonds. The van der Waals surface area contributed by atoms with Crippen LogP contribution < -0.4 is 26.0 Å². The van der Waals surface area contributed by atoms with Crippen LogP contribution in [0.5, 0.6) is 5.75 Å². The van der Waals surface area contributed by atoms with Gasteiger partial charge < -0.3 is 30.7 Å². The van der Waals surface area contributed by atoms with Crippen LogP contribution in [0.3, 0.4) is 0 Å². The number of hydrogen-bond donors (Lipinski definition) is 4. The number of aliphatic imine (C=N–C) groups is 1. The normalized spacial score (nSPS) is 20.0. The van der Waals surface area contributed by atoms with Crippen LogP contribution in [-0.4, -0.2) is 86.1 Å². The number of pyridine rings is 1. The first-order chi connectivity index (χ1) is 24.0. The quantitative estimate of drug-likeness (QED) is 0.141. The molecule has 50 heavy (non-hydrogen) atoms. The Morgan fingerprint density at radius 3 is 2.68 bits per heavy atom. The smallest absolute Gasteiger partial charge is 0.320 e. The first-order valence-corrected chi connectivity index (χ1v) is 17.3. The molecule has 14 heteroatoms. The number of nitrogens with zero attached hydrogens (tertiary/aromatic N) is 8. The number of amides is 2. The third-order valence-electron chi connectivity index (χ3n) is 9.27. The average Bonchev–Trinajstić information content (AvgIpc) is 3.84. The second-order valence-corrected chi connectivity index (χ2v) is 14.3. The van der Waals surface area contributed by atoms with Crippen LogP contribution in [0.1, 0.15) is 69.7 Å². The van der Waals surface area contributed by atoms with Crippen molar-refractivity contribution >= 4 is 29.1 Å². The molecule has 1 saturated heterocycles. The lowest BCUT2D eigenvalue weighted by Crippen LogP contribution is -2.42. The number of rotatable bonds is 10. The number of nitrogens with one attached hydrogen (secondary N) is 2. The molecule has 2 unspecified atom stereocenters. The Morgan fingerprint density at radius 1 is 1.12 bits per heavy atom. The third kappa shape index (κ3) is 8.08. The van der Waals surface area contributed by atoms with Gasteiger partial charge in [0.05, 0.1) is 43.8 Å². The minimum atomic E-state index is -0.380. The maximum absolute atomic E-state index is 13.5. The maximum Gasteiger partial charge on any atom is 0.320 e. The second kappa shape index (κ2) is 14.9. The summed E-state index contributed by atoms with van der Waals surface area (Å²) < 4.78 is 10.4. The molecule has 0 saturated carbocycles.